The normalized spacial score (nSPS) is 4.71. The van der Waals surface area contributed by atoms with Crippen LogP contribution in [0.4, 0.5) is 4.79 Å². The van der Waals surface area contributed by atoms with Gasteiger partial charge in [0.2, 0.25) is 0 Å². The predicted molar refractivity (Wildman–Crippen MR) is 27.9 cm³/mol. The molecule has 4 N–H and O–H groups in total. The SMILES string of the molecule is CNC(=O)O.Cl.O. The van der Waals surface area contributed by atoms with Crippen LogP contribution in [0.2, 0.25) is 0 Å². The topological polar surface area (TPSA) is 80.8 Å². The molecule has 0 radical (unpaired) electrons. The molecule has 0 aliphatic rings. The van der Waals surface area contributed by atoms with Gasteiger partial charge in [0, 0.05) is 7.05 Å². The van der Waals surface area contributed by atoms with Crippen molar-refractivity contribution < 1.29 is 15.4 Å². The van der Waals surface area contributed by atoms with Crippen LogP contribution in [0.3, 0.4) is 0 Å². The highest BCUT2D eigenvalue weighted by atomic mass is 35.5. The lowest BCUT2D eigenvalue weighted by molar-refractivity contribution is 0.197. The second kappa shape index (κ2) is 9.10. The second-order valence-corrected chi connectivity index (χ2v) is 0.555. The van der Waals surface area contributed by atoms with Crippen molar-refractivity contribution in [3.63, 3.8) is 0 Å². The monoisotopic (exact) mass is 129 g/mol. The van der Waals surface area contributed by atoms with E-state index < -0.39 is 6.09 Å². The molecular formula is C2H8ClNO3. The molecule has 46 valence electrons. The fourth-order valence-electron chi connectivity index (χ4n) is 0. The van der Waals surface area contributed by atoms with Crippen LogP contribution >= 0.6 is 12.4 Å². The van der Waals surface area contributed by atoms with Crippen molar-refractivity contribution in [1.82, 2.24) is 5.32 Å². The second-order valence-electron chi connectivity index (χ2n) is 0.555. The Morgan fingerprint density at radius 2 is 1.86 bits per heavy atom. The number of carboxylic acid groups (broad SMARTS) is 1. The van der Waals surface area contributed by atoms with Crippen molar-refractivity contribution in [2.45, 2.75) is 0 Å². The van der Waals surface area contributed by atoms with E-state index in [1.165, 1.54) is 7.05 Å². The molecular weight excluding hydrogens is 121 g/mol. The summed E-state index contributed by atoms with van der Waals surface area (Å²) in [6.45, 7) is 0. The van der Waals surface area contributed by atoms with E-state index in [2.05, 4.69) is 0 Å². The predicted octanol–water partition coefficient (Wildman–Crippen LogP) is -0.519. The highest BCUT2D eigenvalue weighted by Crippen LogP contribution is 1.45. The summed E-state index contributed by atoms with van der Waals surface area (Å²) in [5.74, 6) is 0. The first-order chi connectivity index (χ1) is 2.27. The van der Waals surface area contributed by atoms with Crippen LogP contribution in [0.15, 0.2) is 0 Å². The van der Waals surface area contributed by atoms with Gasteiger partial charge in [-0.2, -0.15) is 0 Å². The molecule has 5 heteroatoms. The zero-order valence-corrected chi connectivity index (χ0v) is 4.58. The van der Waals surface area contributed by atoms with Crippen LogP contribution in [0.25, 0.3) is 0 Å². The number of hydrogen-bond donors (Lipinski definition) is 2. The van der Waals surface area contributed by atoms with Gasteiger partial charge in [0.1, 0.15) is 0 Å². The first-order valence-electron chi connectivity index (χ1n) is 1.18. The van der Waals surface area contributed by atoms with Crippen LogP contribution in [0.1, 0.15) is 0 Å². The highest BCUT2D eigenvalue weighted by Gasteiger charge is 1.76. The molecule has 0 aliphatic carbocycles. The fraction of sp³-hybridized carbons (Fsp3) is 0.500. The Kier molecular flexibility index (Phi) is 20.8. The average molecular weight is 130 g/mol. The van der Waals surface area contributed by atoms with Crippen LogP contribution in [0, 0.1) is 0 Å². The Morgan fingerprint density at radius 3 is 1.86 bits per heavy atom. The molecule has 0 unspecified atom stereocenters. The van der Waals surface area contributed by atoms with E-state index in [-0.39, 0.29) is 17.9 Å². The molecule has 0 bridgehead atoms. The van der Waals surface area contributed by atoms with E-state index in [1.54, 1.807) is 0 Å². The first-order valence-corrected chi connectivity index (χ1v) is 1.18. The van der Waals surface area contributed by atoms with Gasteiger partial charge in [0.15, 0.2) is 0 Å². The highest BCUT2D eigenvalue weighted by molar-refractivity contribution is 5.85. The van der Waals surface area contributed by atoms with Crippen LogP contribution < -0.4 is 5.32 Å². The third-order valence-electron chi connectivity index (χ3n) is 0.214. The lowest BCUT2D eigenvalue weighted by Gasteiger charge is -1.78. The summed E-state index contributed by atoms with van der Waals surface area (Å²) in [7, 11) is 1.35. The minimum atomic E-state index is -0.995. The Morgan fingerprint density at radius 1 is 1.71 bits per heavy atom. The summed E-state index contributed by atoms with van der Waals surface area (Å²) in [6.07, 6.45) is -0.995. The van der Waals surface area contributed by atoms with Crippen LogP contribution in [-0.4, -0.2) is 23.7 Å². The summed E-state index contributed by atoms with van der Waals surface area (Å²) < 4.78 is 0. The minimum Gasteiger partial charge on any atom is -0.465 e. The quantitative estimate of drug-likeness (QED) is 0.462. The molecule has 0 heterocycles. The zero-order valence-electron chi connectivity index (χ0n) is 3.76. The molecule has 0 fully saturated rings. The molecule has 0 aromatic rings. The van der Waals surface area contributed by atoms with E-state index in [1.807, 2.05) is 5.32 Å². The molecule has 1 amide bonds. The van der Waals surface area contributed by atoms with Crippen LogP contribution in [-0.2, 0) is 0 Å². The zero-order chi connectivity index (χ0) is 4.28. The Bertz CT molecular complexity index is 48.2. The van der Waals surface area contributed by atoms with E-state index in [0.29, 0.717) is 0 Å². The van der Waals surface area contributed by atoms with Gasteiger partial charge in [-0.3, -0.25) is 0 Å². The summed E-state index contributed by atoms with van der Waals surface area (Å²) in [5, 5.41) is 9.56. The molecule has 0 rings (SSSR count). The van der Waals surface area contributed by atoms with Crippen molar-refractivity contribution in [2.24, 2.45) is 0 Å². The number of hydrogen-bond acceptors (Lipinski definition) is 1. The summed E-state index contributed by atoms with van der Waals surface area (Å²) in [6, 6.07) is 0. The van der Waals surface area contributed by atoms with E-state index in [9.17, 15) is 4.79 Å². The summed E-state index contributed by atoms with van der Waals surface area (Å²) in [4.78, 5) is 9.26. The molecule has 0 saturated carbocycles. The van der Waals surface area contributed by atoms with Gasteiger partial charge in [-0.15, -0.1) is 12.4 Å². The third kappa shape index (κ3) is 29.6. The number of rotatable bonds is 0. The van der Waals surface area contributed by atoms with Crippen molar-refractivity contribution in [3.05, 3.63) is 0 Å². The van der Waals surface area contributed by atoms with Gasteiger partial charge in [-0.1, -0.05) is 0 Å². The standard InChI is InChI=1S/C2H5NO2.ClH.H2O/c1-3-2(4)5;;/h3H,1H3,(H,4,5);1H;1H2. The molecule has 0 spiro atoms. The van der Waals surface area contributed by atoms with Crippen molar-refractivity contribution in [1.29, 1.82) is 0 Å². The number of halogens is 1. The number of carbonyl (C=O) groups is 1. The molecule has 0 aliphatic heterocycles. The maximum atomic E-state index is 9.26. The minimum absolute atomic E-state index is 0. The van der Waals surface area contributed by atoms with E-state index in [4.69, 9.17) is 5.11 Å². The van der Waals surface area contributed by atoms with E-state index in [0.717, 1.165) is 0 Å². The van der Waals surface area contributed by atoms with Crippen molar-refractivity contribution in [2.75, 3.05) is 7.05 Å². The van der Waals surface area contributed by atoms with Gasteiger partial charge in [-0.25, -0.2) is 4.79 Å². The van der Waals surface area contributed by atoms with Gasteiger partial charge >= 0.3 is 6.09 Å². The fourth-order valence-corrected chi connectivity index (χ4v) is 0. The van der Waals surface area contributed by atoms with E-state index >= 15 is 0 Å². The Labute approximate surface area is 47.2 Å². The Hall–Kier alpha value is -0.480. The smallest absolute Gasteiger partial charge is 0.404 e. The van der Waals surface area contributed by atoms with Gasteiger partial charge < -0.3 is 15.9 Å². The number of nitrogens with one attached hydrogen (secondary N) is 1. The van der Waals surface area contributed by atoms with Crippen molar-refractivity contribution in [3.8, 4) is 0 Å². The lowest BCUT2D eigenvalue weighted by atomic mass is 11.1. The van der Waals surface area contributed by atoms with Gasteiger partial charge in [-0.05, 0) is 0 Å². The molecule has 0 atom stereocenters. The summed E-state index contributed by atoms with van der Waals surface area (Å²) in [5.41, 5.74) is 0. The van der Waals surface area contributed by atoms with Crippen LogP contribution in [0.5, 0.6) is 0 Å². The molecule has 4 nitrogen and oxygen atoms in total. The largest absolute Gasteiger partial charge is 0.465 e. The maximum absolute atomic E-state index is 9.26. The third-order valence-corrected chi connectivity index (χ3v) is 0.214. The molecule has 0 aromatic heterocycles. The lowest BCUT2D eigenvalue weighted by Crippen LogP contribution is -2.13. The average Bonchev–Trinajstić information content (AvgIpc) is 1.38. The van der Waals surface area contributed by atoms with Crippen molar-refractivity contribution >= 4 is 18.5 Å². The van der Waals surface area contributed by atoms with Gasteiger partial charge in [0.25, 0.3) is 0 Å². The molecule has 0 aromatic carbocycles. The Balaban J connectivity index is -0.0000000800. The molecule has 0 saturated heterocycles. The maximum Gasteiger partial charge on any atom is 0.404 e. The number of amides is 1. The summed E-state index contributed by atoms with van der Waals surface area (Å²) >= 11 is 0. The molecule has 7 heavy (non-hydrogen) atoms. The first kappa shape index (κ1) is 16.0. The van der Waals surface area contributed by atoms with Gasteiger partial charge in [0.05, 0.1) is 0 Å².